The lowest BCUT2D eigenvalue weighted by Crippen LogP contribution is -2.16. The zero-order valence-electron chi connectivity index (χ0n) is 7.87. The minimum Gasteiger partial charge on any atom is -0.507 e. The summed E-state index contributed by atoms with van der Waals surface area (Å²) in [6.45, 7) is 2.93. The Morgan fingerprint density at radius 1 is 1.29 bits per heavy atom. The summed E-state index contributed by atoms with van der Waals surface area (Å²) in [5, 5.41) is 27.2. The van der Waals surface area contributed by atoms with Crippen molar-refractivity contribution in [1.29, 1.82) is 5.26 Å². The van der Waals surface area contributed by atoms with Gasteiger partial charge in [-0.15, -0.1) is 0 Å². The summed E-state index contributed by atoms with van der Waals surface area (Å²) < 4.78 is 13.4. The molecule has 2 N–H and O–H groups in total. The number of aromatic hydroxyl groups is 2. The third-order valence-electron chi connectivity index (χ3n) is 2.00. The van der Waals surface area contributed by atoms with Gasteiger partial charge in [0.1, 0.15) is 5.75 Å². The second-order valence-electron chi connectivity index (χ2n) is 3.53. The number of phenols is 2. The number of halogens is 1. The van der Waals surface area contributed by atoms with E-state index in [2.05, 4.69) is 0 Å². The Hall–Kier alpha value is -1.76. The lowest BCUT2D eigenvalue weighted by Gasteiger charge is -2.18. The minimum atomic E-state index is -1.17. The number of hydrogen-bond acceptors (Lipinski definition) is 3. The number of hydrogen-bond donors (Lipinski definition) is 2. The van der Waals surface area contributed by atoms with Crippen molar-refractivity contribution >= 4 is 0 Å². The molecule has 0 atom stereocenters. The summed E-state index contributed by atoms with van der Waals surface area (Å²) in [5.74, 6) is -1.84. The maximum atomic E-state index is 13.4. The van der Waals surface area contributed by atoms with Gasteiger partial charge in [-0.05, 0) is 26.0 Å². The topological polar surface area (TPSA) is 64.2 Å². The average molecular weight is 195 g/mol. The van der Waals surface area contributed by atoms with Crippen LogP contribution in [-0.2, 0) is 5.41 Å². The molecule has 0 bridgehead atoms. The average Bonchev–Trinajstić information content (AvgIpc) is 2.12. The van der Waals surface area contributed by atoms with Gasteiger partial charge in [-0.2, -0.15) is 5.26 Å². The fourth-order valence-corrected chi connectivity index (χ4v) is 1.21. The number of benzene rings is 1. The third-order valence-corrected chi connectivity index (χ3v) is 2.00. The Morgan fingerprint density at radius 2 is 1.79 bits per heavy atom. The molecule has 14 heavy (non-hydrogen) atoms. The molecule has 74 valence electrons. The van der Waals surface area contributed by atoms with Crippen LogP contribution < -0.4 is 0 Å². The SMILES string of the molecule is CC(C)(C#N)c1c(O)ccc(O)c1F. The van der Waals surface area contributed by atoms with Crippen molar-refractivity contribution in [3.05, 3.63) is 23.5 Å². The van der Waals surface area contributed by atoms with Crippen LogP contribution in [0.2, 0.25) is 0 Å². The summed E-state index contributed by atoms with van der Waals surface area (Å²) in [6, 6.07) is 4.06. The van der Waals surface area contributed by atoms with Crippen LogP contribution in [0.4, 0.5) is 4.39 Å². The van der Waals surface area contributed by atoms with Crippen LogP contribution in [-0.4, -0.2) is 10.2 Å². The first-order chi connectivity index (χ1) is 6.40. The van der Waals surface area contributed by atoms with Crippen molar-refractivity contribution in [2.24, 2.45) is 0 Å². The van der Waals surface area contributed by atoms with Crippen molar-refractivity contribution in [2.75, 3.05) is 0 Å². The molecular weight excluding hydrogens is 185 g/mol. The summed E-state index contributed by atoms with van der Waals surface area (Å²) in [4.78, 5) is 0. The van der Waals surface area contributed by atoms with E-state index in [9.17, 15) is 9.50 Å². The van der Waals surface area contributed by atoms with Crippen LogP contribution in [0.3, 0.4) is 0 Å². The van der Waals surface area contributed by atoms with E-state index < -0.39 is 17.0 Å². The molecule has 0 saturated carbocycles. The van der Waals surface area contributed by atoms with E-state index in [1.165, 1.54) is 13.8 Å². The molecule has 0 unspecified atom stereocenters. The highest BCUT2D eigenvalue weighted by Crippen LogP contribution is 2.36. The molecule has 0 amide bonds. The molecule has 0 saturated heterocycles. The van der Waals surface area contributed by atoms with Gasteiger partial charge in [-0.3, -0.25) is 0 Å². The molecule has 1 aromatic rings. The highest BCUT2D eigenvalue weighted by atomic mass is 19.1. The summed E-state index contributed by atoms with van der Waals surface area (Å²) >= 11 is 0. The zero-order valence-corrected chi connectivity index (χ0v) is 7.87. The Kier molecular flexibility index (Phi) is 2.35. The molecule has 1 rings (SSSR count). The van der Waals surface area contributed by atoms with Gasteiger partial charge in [0.05, 0.1) is 17.0 Å². The van der Waals surface area contributed by atoms with Crippen LogP contribution >= 0.6 is 0 Å². The third kappa shape index (κ3) is 1.49. The van der Waals surface area contributed by atoms with E-state index in [0.29, 0.717) is 0 Å². The van der Waals surface area contributed by atoms with Crippen LogP contribution in [0.25, 0.3) is 0 Å². The van der Waals surface area contributed by atoms with Gasteiger partial charge in [0.25, 0.3) is 0 Å². The summed E-state index contributed by atoms with van der Waals surface area (Å²) in [6.07, 6.45) is 0. The lowest BCUT2D eigenvalue weighted by atomic mass is 9.85. The molecule has 0 aromatic heterocycles. The van der Waals surface area contributed by atoms with Gasteiger partial charge < -0.3 is 10.2 Å². The summed E-state index contributed by atoms with van der Waals surface area (Å²) in [5.41, 5.74) is -1.35. The molecule has 3 nitrogen and oxygen atoms in total. The summed E-state index contributed by atoms with van der Waals surface area (Å²) in [7, 11) is 0. The van der Waals surface area contributed by atoms with E-state index >= 15 is 0 Å². The lowest BCUT2D eigenvalue weighted by molar-refractivity contribution is 0.402. The molecule has 0 fully saturated rings. The zero-order chi connectivity index (χ0) is 10.9. The first kappa shape index (κ1) is 10.3. The second-order valence-corrected chi connectivity index (χ2v) is 3.53. The monoisotopic (exact) mass is 195 g/mol. The molecule has 0 heterocycles. The van der Waals surface area contributed by atoms with Crippen LogP contribution in [0.1, 0.15) is 19.4 Å². The van der Waals surface area contributed by atoms with Gasteiger partial charge in [0, 0.05) is 0 Å². The Balaban J connectivity index is 3.49. The maximum absolute atomic E-state index is 13.4. The maximum Gasteiger partial charge on any atom is 0.173 e. The van der Waals surface area contributed by atoms with Gasteiger partial charge in [-0.25, -0.2) is 4.39 Å². The normalized spacial score (nSPS) is 11.0. The number of nitriles is 1. The predicted molar refractivity (Wildman–Crippen MR) is 48.4 cm³/mol. The van der Waals surface area contributed by atoms with Crippen LogP contribution in [0.5, 0.6) is 11.5 Å². The highest BCUT2D eigenvalue weighted by molar-refractivity contribution is 5.47. The van der Waals surface area contributed by atoms with Gasteiger partial charge in [0.2, 0.25) is 0 Å². The highest BCUT2D eigenvalue weighted by Gasteiger charge is 2.29. The molecule has 0 aliphatic rings. The van der Waals surface area contributed by atoms with E-state index in [1.807, 2.05) is 6.07 Å². The Bertz CT molecular complexity index is 407. The van der Waals surface area contributed by atoms with Gasteiger partial charge in [-0.1, -0.05) is 0 Å². The van der Waals surface area contributed by atoms with E-state index in [4.69, 9.17) is 10.4 Å². The predicted octanol–water partition coefficient (Wildman–Crippen LogP) is 2.04. The van der Waals surface area contributed by atoms with Gasteiger partial charge >= 0.3 is 0 Å². The smallest absolute Gasteiger partial charge is 0.173 e. The van der Waals surface area contributed by atoms with E-state index in [-0.39, 0.29) is 11.3 Å². The number of phenolic OH excluding ortho intramolecular Hbond substituents is 2. The van der Waals surface area contributed by atoms with Crippen molar-refractivity contribution in [1.82, 2.24) is 0 Å². The minimum absolute atomic E-state index is 0.181. The first-order valence-corrected chi connectivity index (χ1v) is 4.02. The number of nitrogens with zero attached hydrogens (tertiary/aromatic N) is 1. The molecule has 0 radical (unpaired) electrons. The second kappa shape index (κ2) is 3.18. The quantitative estimate of drug-likeness (QED) is 0.674. The fourth-order valence-electron chi connectivity index (χ4n) is 1.21. The molecule has 0 spiro atoms. The molecule has 0 aliphatic heterocycles. The molecule has 1 aromatic carbocycles. The van der Waals surface area contributed by atoms with E-state index in [1.54, 1.807) is 0 Å². The molecule has 0 aliphatic carbocycles. The number of rotatable bonds is 1. The van der Waals surface area contributed by atoms with E-state index in [0.717, 1.165) is 12.1 Å². The molecular formula is C10H10FNO2. The van der Waals surface area contributed by atoms with Crippen molar-refractivity contribution < 1.29 is 14.6 Å². The first-order valence-electron chi connectivity index (χ1n) is 4.02. The Labute approximate surface area is 81.0 Å². The van der Waals surface area contributed by atoms with Gasteiger partial charge in [0.15, 0.2) is 11.6 Å². The van der Waals surface area contributed by atoms with Crippen molar-refractivity contribution in [3.63, 3.8) is 0 Å². The van der Waals surface area contributed by atoms with Crippen LogP contribution in [0, 0.1) is 17.1 Å². The van der Waals surface area contributed by atoms with Crippen LogP contribution in [0.15, 0.2) is 12.1 Å². The Morgan fingerprint density at radius 3 is 2.29 bits per heavy atom. The fraction of sp³-hybridized carbons (Fsp3) is 0.300. The largest absolute Gasteiger partial charge is 0.507 e. The van der Waals surface area contributed by atoms with Crippen molar-refractivity contribution in [2.45, 2.75) is 19.3 Å². The molecule has 4 heteroatoms. The standard InChI is InChI=1S/C10H10FNO2/c1-10(2,5-12)8-6(13)3-4-7(14)9(8)11/h3-4,13-14H,1-2H3. The van der Waals surface area contributed by atoms with Crippen molar-refractivity contribution in [3.8, 4) is 17.6 Å².